The number of phenolic OH excluding ortho intramolecular Hbond substituents is 1. The second kappa shape index (κ2) is 15.1. The van der Waals surface area contributed by atoms with Crippen LogP contribution >= 0.6 is 0 Å². The summed E-state index contributed by atoms with van der Waals surface area (Å²) in [4.78, 5) is 37.0. The lowest BCUT2D eigenvalue weighted by Gasteiger charge is -2.17. The van der Waals surface area contributed by atoms with Crippen molar-refractivity contribution in [2.75, 3.05) is 19.0 Å². The molecule has 0 aromatic heterocycles. The van der Waals surface area contributed by atoms with E-state index in [-0.39, 0.29) is 28.6 Å². The normalized spacial score (nSPS) is 11.7. The first-order chi connectivity index (χ1) is 22.0. The number of nitro benzene ring substituents is 1. The Bertz CT molecular complexity index is 1780. The summed E-state index contributed by atoms with van der Waals surface area (Å²) in [5.74, 6) is -0.244. The molecule has 0 spiro atoms. The Morgan fingerprint density at radius 2 is 1.13 bits per heavy atom. The fraction of sp³-hybridized carbons (Fsp3) is 0.278. The fourth-order valence-corrected chi connectivity index (χ4v) is 4.01. The van der Waals surface area contributed by atoms with Crippen LogP contribution in [-0.4, -0.2) is 35.7 Å². The number of nitrogens with zero attached hydrogens (tertiary/aromatic N) is 6. The summed E-state index contributed by atoms with van der Waals surface area (Å²) < 4.78 is 0. The first-order valence-corrected chi connectivity index (χ1v) is 14.8. The first-order valence-electron chi connectivity index (χ1n) is 14.8. The van der Waals surface area contributed by atoms with Gasteiger partial charge in [0.25, 0.3) is 5.69 Å². The maximum atomic E-state index is 12.5. The van der Waals surface area contributed by atoms with Crippen LogP contribution in [0.3, 0.4) is 0 Å². The van der Waals surface area contributed by atoms with Crippen LogP contribution in [0.25, 0.3) is 0 Å². The number of benzene rings is 4. The number of non-ortho nitro benzene ring substituents is 1. The molecular formula is C36H40N6O5. The molecule has 244 valence electrons. The van der Waals surface area contributed by atoms with Crippen molar-refractivity contribution < 1.29 is 19.6 Å². The van der Waals surface area contributed by atoms with Gasteiger partial charge >= 0.3 is 0 Å². The highest BCUT2D eigenvalue weighted by Gasteiger charge is 2.26. The lowest BCUT2D eigenvalue weighted by Crippen LogP contribution is -2.20. The highest BCUT2D eigenvalue weighted by atomic mass is 16.6. The van der Waals surface area contributed by atoms with Crippen molar-refractivity contribution >= 4 is 45.7 Å². The molecule has 0 aliphatic heterocycles. The van der Waals surface area contributed by atoms with Gasteiger partial charge in [-0.3, -0.25) is 19.7 Å². The lowest BCUT2D eigenvalue weighted by molar-refractivity contribution is -0.384. The zero-order chi connectivity index (χ0) is 34.9. The summed E-state index contributed by atoms with van der Waals surface area (Å²) in [6.07, 6.45) is 0. The average molecular weight is 637 g/mol. The van der Waals surface area contributed by atoms with Crippen molar-refractivity contribution in [1.29, 1.82) is 0 Å². The van der Waals surface area contributed by atoms with Crippen LogP contribution in [0.4, 0.5) is 34.1 Å². The van der Waals surface area contributed by atoms with Crippen LogP contribution in [-0.2, 0) is 0 Å². The summed E-state index contributed by atoms with van der Waals surface area (Å²) in [5, 5.41) is 37.0. The number of phenols is 1. The largest absolute Gasteiger partial charge is 0.507 e. The van der Waals surface area contributed by atoms with E-state index in [0.717, 1.165) is 11.4 Å². The lowest BCUT2D eigenvalue weighted by atomic mass is 9.86. The van der Waals surface area contributed by atoms with E-state index in [2.05, 4.69) is 20.5 Å². The zero-order valence-corrected chi connectivity index (χ0v) is 27.9. The van der Waals surface area contributed by atoms with Crippen LogP contribution < -0.4 is 4.90 Å². The topological polar surface area (TPSA) is 150 Å². The smallest absolute Gasteiger partial charge is 0.269 e. The van der Waals surface area contributed by atoms with Crippen LogP contribution in [0.2, 0.25) is 0 Å². The molecule has 4 aromatic rings. The maximum absolute atomic E-state index is 12.5. The molecule has 0 aliphatic carbocycles. The van der Waals surface area contributed by atoms with Gasteiger partial charge in [-0.25, -0.2) is 0 Å². The van der Waals surface area contributed by atoms with E-state index in [4.69, 9.17) is 0 Å². The predicted molar refractivity (Wildman–Crippen MR) is 184 cm³/mol. The summed E-state index contributed by atoms with van der Waals surface area (Å²) in [5.41, 5.74) is 2.99. The molecule has 4 aromatic carbocycles. The molecule has 47 heavy (non-hydrogen) atoms. The number of nitro groups is 1. The predicted octanol–water partition coefficient (Wildman–Crippen LogP) is 10.3. The van der Waals surface area contributed by atoms with E-state index in [9.17, 15) is 24.8 Å². The van der Waals surface area contributed by atoms with Crippen molar-refractivity contribution in [3.63, 3.8) is 0 Å². The van der Waals surface area contributed by atoms with Gasteiger partial charge in [0.15, 0.2) is 11.6 Å². The van der Waals surface area contributed by atoms with E-state index in [1.54, 1.807) is 26.8 Å². The molecule has 1 N–H and O–H groups in total. The number of carbonyl (C=O) groups excluding carboxylic acids is 2. The quantitative estimate of drug-likeness (QED) is 0.0879. The van der Waals surface area contributed by atoms with Crippen molar-refractivity contribution in [3.8, 4) is 5.75 Å². The third-order valence-electron chi connectivity index (χ3n) is 6.72. The Labute approximate surface area is 274 Å². The molecule has 0 saturated carbocycles. The van der Waals surface area contributed by atoms with Gasteiger partial charge < -0.3 is 10.0 Å². The second-order valence-corrected chi connectivity index (χ2v) is 13.0. The summed E-state index contributed by atoms with van der Waals surface area (Å²) in [7, 11) is 3.98. The molecule has 11 nitrogen and oxygen atoms in total. The van der Waals surface area contributed by atoms with E-state index in [1.165, 1.54) is 42.5 Å². The van der Waals surface area contributed by atoms with Crippen LogP contribution in [0.1, 0.15) is 62.3 Å². The van der Waals surface area contributed by atoms with Gasteiger partial charge in [-0.1, -0.05) is 53.7 Å². The number of anilines is 1. The Kier molecular flexibility index (Phi) is 11.6. The highest BCUT2D eigenvalue weighted by molar-refractivity contribution is 6.04. The molecule has 0 aliphatic rings. The summed E-state index contributed by atoms with van der Waals surface area (Å²) >= 11 is 0. The maximum Gasteiger partial charge on any atom is 0.269 e. The number of hydrogen-bond acceptors (Lipinski definition) is 10. The molecule has 0 fully saturated rings. The third-order valence-corrected chi connectivity index (χ3v) is 6.72. The Morgan fingerprint density at radius 3 is 1.66 bits per heavy atom. The van der Waals surface area contributed by atoms with Crippen LogP contribution in [0, 0.1) is 20.9 Å². The van der Waals surface area contributed by atoms with Gasteiger partial charge in [-0.2, -0.15) is 15.3 Å². The van der Waals surface area contributed by atoms with Gasteiger partial charge in [0.05, 0.1) is 33.2 Å². The molecule has 0 saturated heterocycles. The van der Waals surface area contributed by atoms with E-state index in [1.807, 2.05) is 82.2 Å². The van der Waals surface area contributed by atoms with Gasteiger partial charge in [0.1, 0.15) is 5.75 Å². The number of Topliss-reactive ketones (excluding diaryl/α,β-unsaturated/α-hetero) is 2. The Morgan fingerprint density at radius 1 is 0.660 bits per heavy atom. The van der Waals surface area contributed by atoms with Crippen molar-refractivity contribution in [3.05, 3.63) is 112 Å². The molecule has 0 amide bonds. The van der Waals surface area contributed by atoms with Crippen molar-refractivity contribution in [2.45, 2.75) is 41.5 Å². The van der Waals surface area contributed by atoms with Crippen molar-refractivity contribution in [2.24, 2.45) is 31.3 Å². The monoisotopic (exact) mass is 636 g/mol. The van der Waals surface area contributed by atoms with Crippen LogP contribution in [0.5, 0.6) is 5.75 Å². The second-order valence-electron chi connectivity index (χ2n) is 13.0. The third kappa shape index (κ3) is 10.2. The Balaban J connectivity index is 0.000000256. The SMILES string of the molecule is CC(C)(C)C(=O)c1cc(N=Nc2ccc([N+](=O)[O-])cc2)ccc1O.CN(C)c1ccc(N=Nc2ccccc2C(=O)C(C)(C)C)cc1. The Hall–Kier alpha value is -5.58. The highest BCUT2D eigenvalue weighted by Crippen LogP contribution is 2.32. The van der Waals surface area contributed by atoms with Gasteiger partial charge in [0.2, 0.25) is 0 Å². The molecule has 11 heteroatoms. The molecular weight excluding hydrogens is 596 g/mol. The number of azo groups is 2. The van der Waals surface area contributed by atoms with E-state index < -0.39 is 15.8 Å². The molecule has 0 atom stereocenters. The molecule has 0 radical (unpaired) electrons. The standard InChI is InChI=1S/C19H23N3O.C17H17N3O4/c1-19(2,3)18(23)16-8-6-7-9-17(16)21-20-14-10-12-15(13-11-14)22(4)5;1-17(2,3)16(22)14-10-12(6-9-15(14)21)19-18-11-4-7-13(8-5-11)20(23)24/h6-13H,1-5H3;4-10,21H,1-3H3. The number of aromatic hydroxyl groups is 1. The first kappa shape index (κ1) is 35.9. The molecule has 0 heterocycles. The molecule has 0 bridgehead atoms. The molecule has 4 rings (SSSR count). The summed E-state index contributed by atoms with van der Waals surface area (Å²) in [6.45, 7) is 11.0. The van der Waals surface area contributed by atoms with Gasteiger partial charge in [-0.15, -0.1) is 5.11 Å². The summed E-state index contributed by atoms with van der Waals surface area (Å²) in [6, 6.07) is 25.1. The van der Waals surface area contributed by atoms with Gasteiger partial charge in [0, 0.05) is 48.3 Å². The number of hydrogen-bond donors (Lipinski definition) is 1. The minimum Gasteiger partial charge on any atom is -0.507 e. The van der Waals surface area contributed by atoms with E-state index >= 15 is 0 Å². The average Bonchev–Trinajstić information content (AvgIpc) is 3.02. The van der Waals surface area contributed by atoms with Crippen molar-refractivity contribution in [1.82, 2.24) is 0 Å². The van der Waals surface area contributed by atoms with E-state index in [0.29, 0.717) is 22.6 Å². The number of ketones is 2. The fourth-order valence-electron chi connectivity index (χ4n) is 4.01. The minimum atomic E-state index is -0.633. The minimum absolute atomic E-state index is 0.0309. The van der Waals surface area contributed by atoms with Gasteiger partial charge in [-0.05, 0) is 66.7 Å². The molecule has 0 unspecified atom stereocenters. The van der Waals surface area contributed by atoms with Crippen LogP contribution in [0.15, 0.2) is 111 Å². The zero-order valence-electron chi connectivity index (χ0n) is 27.9. The number of carbonyl (C=O) groups is 2. The number of rotatable bonds is 8.